The van der Waals surface area contributed by atoms with Crippen LogP contribution in [0, 0.1) is 5.92 Å². The fourth-order valence-electron chi connectivity index (χ4n) is 3.28. The Morgan fingerprint density at radius 3 is 3.00 bits per heavy atom. The molecule has 4 rings (SSSR count). The minimum absolute atomic E-state index is 0. The van der Waals surface area contributed by atoms with Crippen LogP contribution in [0.5, 0.6) is 0 Å². The number of nitrogens with one attached hydrogen (secondary N) is 2. The lowest BCUT2D eigenvalue weighted by Crippen LogP contribution is -2.29. The minimum atomic E-state index is 0. The molecule has 8 heteroatoms. The molecule has 3 aromatic heterocycles. The van der Waals surface area contributed by atoms with Crippen LogP contribution in [0.4, 0.5) is 5.13 Å². The van der Waals surface area contributed by atoms with Crippen molar-refractivity contribution in [2.45, 2.75) is 31.8 Å². The standard InChI is InChI=1S/C17H19N5O2S.2H2/c1-24-11-4-2-10(3-5-11)16(23)22-17-21-13(8-25-17)14-12-6-7-18-15(12)20-9-19-14;;/h6-11H,2-5H2,1H3,(H,18,19,20)(H,21,22,23);2*1H. The second kappa shape index (κ2) is 6.89. The number of thiazole rings is 1. The highest BCUT2D eigenvalue weighted by Gasteiger charge is 2.26. The van der Waals surface area contributed by atoms with Crippen LogP contribution in [0.1, 0.15) is 28.5 Å². The molecule has 3 heterocycles. The van der Waals surface area contributed by atoms with E-state index in [1.165, 1.54) is 17.7 Å². The Bertz CT molecular complexity index is 892. The maximum atomic E-state index is 12.5. The Hall–Kier alpha value is -2.32. The molecule has 0 bridgehead atoms. The molecule has 134 valence electrons. The van der Waals surface area contributed by atoms with Gasteiger partial charge in [0.1, 0.15) is 23.4 Å². The van der Waals surface area contributed by atoms with Gasteiger partial charge in [0.2, 0.25) is 5.91 Å². The number of rotatable bonds is 4. The van der Waals surface area contributed by atoms with Crippen molar-refractivity contribution < 1.29 is 12.4 Å². The van der Waals surface area contributed by atoms with Crippen LogP contribution in [-0.4, -0.2) is 39.1 Å². The molecule has 0 aromatic carbocycles. The predicted molar refractivity (Wildman–Crippen MR) is 101 cm³/mol. The lowest BCUT2D eigenvalue weighted by molar-refractivity contribution is -0.121. The quantitative estimate of drug-likeness (QED) is 0.739. The molecule has 25 heavy (non-hydrogen) atoms. The summed E-state index contributed by atoms with van der Waals surface area (Å²) in [6.07, 6.45) is 7.22. The van der Waals surface area contributed by atoms with E-state index in [2.05, 4.69) is 25.3 Å². The number of aromatic nitrogens is 4. The van der Waals surface area contributed by atoms with E-state index in [1.54, 1.807) is 7.11 Å². The Kier molecular flexibility index (Phi) is 4.46. The number of methoxy groups -OCH3 is 1. The Labute approximate surface area is 151 Å². The average molecular weight is 361 g/mol. The number of nitrogens with zero attached hydrogens (tertiary/aromatic N) is 3. The van der Waals surface area contributed by atoms with Crippen molar-refractivity contribution in [3.8, 4) is 11.4 Å². The maximum absolute atomic E-state index is 12.5. The van der Waals surface area contributed by atoms with Crippen LogP contribution >= 0.6 is 11.3 Å². The van der Waals surface area contributed by atoms with Crippen molar-refractivity contribution in [1.82, 2.24) is 19.9 Å². The van der Waals surface area contributed by atoms with Crippen LogP contribution in [0.2, 0.25) is 0 Å². The summed E-state index contributed by atoms with van der Waals surface area (Å²) < 4.78 is 5.36. The second-order valence-corrected chi connectivity index (χ2v) is 7.06. The number of fused-ring (bicyclic) bond motifs is 1. The highest BCUT2D eigenvalue weighted by Crippen LogP contribution is 2.30. The van der Waals surface area contributed by atoms with Gasteiger partial charge in [-0.05, 0) is 31.7 Å². The Morgan fingerprint density at radius 1 is 1.36 bits per heavy atom. The average Bonchev–Trinajstić information content (AvgIpc) is 3.30. The molecule has 0 radical (unpaired) electrons. The van der Waals surface area contributed by atoms with Crippen LogP contribution in [0.15, 0.2) is 24.0 Å². The van der Waals surface area contributed by atoms with Crippen LogP contribution in [0.3, 0.4) is 0 Å². The zero-order chi connectivity index (χ0) is 17.2. The smallest absolute Gasteiger partial charge is 0.229 e. The summed E-state index contributed by atoms with van der Waals surface area (Å²) in [6.45, 7) is 0. The molecule has 0 unspecified atom stereocenters. The fourth-order valence-corrected chi connectivity index (χ4v) is 3.98. The van der Waals surface area contributed by atoms with E-state index in [9.17, 15) is 4.79 Å². The number of carbonyl (C=O) groups is 1. The molecular weight excluding hydrogens is 338 g/mol. The molecule has 2 N–H and O–H groups in total. The lowest BCUT2D eigenvalue weighted by atomic mass is 9.87. The largest absolute Gasteiger partial charge is 0.381 e. The zero-order valence-electron chi connectivity index (χ0n) is 13.9. The van der Waals surface area contributed by atoms with Gasteiger partial charge >= 0.3 is 0 Å². The van der Waals surface area contributed by atoms with Gasteiger partial charge in [0.15, 0.2) is 5.13 Å². The van der Waals surface area contributed by atoms with Gasteiger partial charge in [0, 0.05) is 32.8 Å². The molecule has 0 aliphatic heterocycles. The number of ether oxygens (including phenoxy) is 1. The molecule has 0 spiro atoms. The van der Waals surface area contributed by atoms with Crippen molar-refractivity contribution in [3.63, 3.8) is 0 Å². The fraction of sp³-hybridized carbons (Fsp3) is 0.412. The third kappa shape index (κ3) is 3.27. The molecule has 3 aromatic rings. The Morgan fingerprint density at radius 2 is 2.20 bits per heavy atom. The van der Waals surface area contributed by atoms with Crippen LogP contribution in [0.25, 0.3) is 22.4 Å². The molecule has 1 fully saturated rings. The SMILES string of the molecule is COC1CCC(C(=O)Nc2nc(-c3ncnc4[nH]ccc34)cs2)CC1.[HH].[HH]. The molecule has 1 aliphatic rings. The van der Waals surface area contributed by atoms with Crippen molar-refractivity contribution in [3.05, 3.63) is 24.0 Å². The van der Waals surface area contributed by atoms with Crippen molar-refractivity contribution in [1.29, 1.82) is 0 Å². The van der Waals surface area contributed by atoms with E-state index >= 15 is 0 Å². The maximum Gasteiger partial charge on any atom is 0.229 e. The van der Waals surface area contributed by atoms with E-state index < -0.39 is 0 Å². The van der Waals surface area contributed by atoms with Crippen LogP contribution in [-0.2, 0) is 9.53 Å². The minimum Gasteiger partial charge on any atom is -0.381 e. The summed E-state index contributed by atoms with van der Waals surface area (Å²) >= 11 is 1.41. The van der Waals surface area contributed by atoms with Gasteiger partial charge in [-0.15, -0.1) is 11.3 Å². The van der Waals surface area contributed by atoms with Gasteiger partial charge in [-0.2, -0.15) is 0 Å². The van der Waals surface area contributed by atoms with Gasteiger partial charge in [0.25, 0.3) is 0 Å². The van der Waals surface area contributed by atoms with Gasteiger partial charge < -0.3 is 15.0 Å². The number of aromatic amines is 1. The summed E-state index contributed by atoms with van der Waals surface area (Å²) in [7, 11) is 1.73. The number of hydrogen-bond donors (Lipinski definition) is 2. The summed E-state index contributed by atoms with van der Waals surface area (Å²) in [5.41, 5.74) is 2.29. The first-order chi connectivity index (χ1) is 12.2. The Balaban J connectivity index is 0.00000131. The monoisotopic (exact) mass is 361 g/mol. The number of amides is 1. The summed E-state index contributed by atoms with van der Waals surface area (Å²) in [4.78, 5) is 28.6. The van der Waals surface area contributed by atoms with E-state index in [0.29, 0.717) is 5.13 Å². The van der Waals surface area contributed by atoms with E-state index in [4.69, 9.17) is 4.74 Å². The summed E-state index contributed by atoms with van der Waals surface area (Å²) in [6, 6.07) is 1.93. The summed E-state index contributed by atoms with van der Waals surface area (Å²) in [5, 5.41) is 6.39. The van der Waals surface area contributed by atoms with Crippen molar-refractivity contribution in [2.24, 2.45) is 5.92 Å². The number of carbonyl (C=O) groups excluding carboxylic acids is 1. The van der Waals surface area contributed by atoms with Crippen molar-refractivity contribution >= 4 is 33.4 Å². The third-order valence-electron chi connectivity index (χ3n) is 4.71. The zero-order valence-corrected chi connectivity index (χ0v) is 14.7. The number of H-pyrrole nitrogens is 1. The molecule has 0 saturated heterocycles. The second-order valence-electron chi connectivity index (χ2n) is 6.20. The highest BCUT2D eigenvalue weighted by atomic mass is 32.1. The van der Waals surface area contributed by atoms with Gasteiger partial charge in [0.05, 0.1) is 6.10 Å². The first kappa shape index (κ1) is 16.2. The first-order valence-corrected chi connectivity index (χ1v) is 9.20. The predicted octanol–water partition coefficient (Wildman–Crippen LogP) is 3.72. The van der Waals surface area contributed by atoms with Gasteiger partial charge in [-0.25, -0.2) is 15.0 Å². The molecule has 1 amide bonds. The van der Waals surface area contributed by atoms with E-state index in [-0.39, 0.29) is 20.8 Å². The summed E-state index contributed by atoms with van der Waals surface area (Å²) in [5.74, 6) is 0.0825. The number of anilines is 1. The van der Waals surface area contributed by atoms with Gasteiger partial charge in [-0.3, -0.25) is 4.79 Å². The first-order valence-electron chi connectivity index (χ1n) is 8.32. The highest BCUT2D eigenvalue weighted by molar-refractivity contribution is 7.14. The van der Waals surface area contributed by atoms with E-state index in [1.807, 2.05) is 17.6 Å². The number of hydrogen-bond acceptors (Lipinski definition) is 6. The molecule has 7 nitrogen and oxygen atoms in total. The van der Waals surface area contributed by atoms with Crippen molar-refractivity contribution in [2.75, 3.05) is 12.4 Å². The topological polar surface area (TPSA) is 92.8 Å². The lowest BCUT2D eigenvalue weighted by Gasteiger charge is -2.26. The van der Waals surface area contributed by atoms with Crippen LogP contribution < -0.4 is 5.32 Å². The molecular formula is C17H23N5O2S. The molecule has 1 saturated carbocycles. The molecule has 1 aliphatic carbocycles. The van der Waals surface area contributed by atoms with Gasteiger partial charge in [-0.1, -0.05) is 0 Å². The normalized spacial score (nSPS) is 20.7. The molecule has 0 atom stereocenters. The third-order valence-corrected chi connectivity index (χ3v) is 5.47. The van der Waals surface area contributed by atoms with E-state index in [0.717, 1.165) is 48.1 Å².